The van der Waals surface area contributed by atoms with Gasteiger partial charge in [-0.05, 0) is 24.1 Å². The molecule has 1 aromatic carbocycles. The van der Waals surface area contributed by atoms with Crippen molar-refractivity contribution in [2.45, 2.75) is 6.42 Å². The van der Waals surface area contributed by atoms with Crippen LogP contribution in [0.2, 0.25) is 0 Å². The molecule has 0 saturated heterocycles. The molecule has 0 atom stereocenters. The van der Waals surface area contributed by atoms with E-state index in [1.54, 1.807) is 24.4 Å². The molecule has 2 aromatic rings. The van der Waals surface area contributed by atoms with Gasteiger partial charge in [-0.2, -0.15) is 5.06 Å². The first-order valence-corrected chi connectivity index (χ1v) is 5.95. The Bertz CT molecular complexity index is 517. The van der Waals surface area contributed by atoms with E-state index in [0.717, 1.165) is 10.6 Å². The van der Waals surface area contributed by atoms with Crippen molar-refractivity contribution in [2.75, 3.05) is 11.7 Å². The van der Waals surface area contributed by atoms with Crippen molar-refractivity contribution in [1.82, 2.24) is 4.98 Å². The van der Waals surface area contributed by atoms with Crippen molar-refractivity contribution in [2.24, 2.45) is 5.73 Å². The highest BCUT2D eigenvalue weighted by atomic mass is 16.7. The topological polar surface area (TPSA) is 68.5 Å². The van der Waals surface area contributed by atoms with Gasteiger partial charge in [-0.3, -0.25) is 4.84 Å². The quantitative estimate of drug-likeness (QED) is 0.834. The fraction of sp³-hybridized carbons (Fsp3) is 0.143. The number of hydrogen-bond donors (Lipinski definition) is 1. The van der Waals surface area contributed by atoms with Gasteiger partial charge in [0, 0.05) is 6.20 Å². The number of carbonyl (C=O) groups excluding carboxylic acids is 1. The van der Waals surface area contributed by atoms with Gasteiger partial charge in [0.1, 0.15) is 0 Å². The summed E-state index contributed by atoms with van der Waals surface area (Å²) in [5.74, 6) is 0.378. The van der Waals surface area contributed by atoms with Crippen molar-refractivity contribution in [3.8, 4) is 0 Å². The Balaban J connectivity index is 1.94. The summed E-state index contributed by atoms with van der Waals surface area (Å²) in [6.45, 7) is 0.351. The first kappa shape index (κ1) is 13.0. The number of anilines is 1. The second-order valence-electron chi connectivity index (χ2n) is 3.89. The molecule has 1 aromatic heterocycles. The van der Waals surface area contributed by atoms with Crippen LogP contribution in [-0.4, -0.2) is 17.6 Å². The third kappa shape index (κ3) is 3.79. The predicted octanol–water partition coefficient (Wildman–Crippen LogP) is 2.14. The summed E-state index contributed by atoms with van der Waals surface area (Å²) in [4.78, 5) is 20.7. The third-order valence-electron chi connectivity index (χ3n) is 2.51. The first-order valence-electron chi connectivity index (χ1n) is 5.95. The molecule has 0 fully saturated rings. The van der Waals surface area contributed by atoms with E-state index in [4.69, 9.17) is 10.6 Å². The van der Waals surface area contributed by atoms with E-state index in [9.17, 15) is 4.79 Å². The van der Waals surface area contributed by atoms with Crippen molar-refractivity contribution in [3.05, 3.63) is 60.3 Å². The number of nitrogens with two attached hydrogens (primary N) is 1. The molecule has 2 amide bonds. The molecule has 0 aliphatic heterocycles. The molecule has 5 heteroatoms. The summed E-state index contributed by atoms with van der Waals surface area (Å²) >= 11 is 0. The maximum atomic E-state index is 11.3. The molecular weight excluding hydrogens is 242 g/mol. The van der Waals surface area contributed by atoms with Crippen LogP contribution in [0.5, 0.6) is 0 Å². The van der Waals surface area contributed by atoms with Gasteiger partial charge in [0.2, 0.25) is 0 Å². The highest BCUT2D eigenvalue weighted by Gasteiger charge is 2.14. The summed E-state index contributed by atoms with van der Waals surface area (Å²) in [7, 11) is 0. The molecule has 19 heavy (non-hydrogen) atoms. The molecule has 2 N–H and O–H groups in total. The number of primary amides is 1. The Morgan fingerprint density at radius 3 is 2.53 bits per heavy atom. The van der Waals surface area contributed by atoms with Gasteiger partial charge in [0.05, 0.1) is 6.61 Å². The van der Waals surface area contributed by atoms with E-state index in [2.05, 4.69) is 4.98 Å². The highest BCUT2D eigenvalue weighted by molar-refractivity contribution is 5.87. The SMILES string of the molecule is NC(=O)N(OCCc1ccccc1)c1ccccn1. The molecule has 0 radical (unpaired) electrons. The van der Waals surface area contributed by atoms with E-state index in [1.165, 1.54) is 0 Å². The summed E-state index contributed by atoms with van der Waals surface area (Å²) < 4.78 is 0. The van der Waals surface area contributed by atoms with E-state index in [1.807, 2.05) is 30.3 Å². The maximum absolute atomic E-state index is 11.3. The Morgan fingerprint density at radius 2 is 1.89 bits per heavy atom. The van der Waals surface area contributed by atoms with Crippen LogP contribution in [-0.2, 0) is 11.3 Å². The molecule has 0 aliphatic carbocycles. The number of urea groups is 1. The number of benzene rings is 1. The fourth-order valence-electron chi connectivity index (χ4n) is 1.62. The summed E-state index contributed by atoms with van der Waals surface area (Å²) in [6.07, 6.45) is 2.27. The van der Waals surface area contributed by atoms with Gasteiger partial charge in [-0.1, -0.05) is 36.4 Å². The molecule has 0 spiro atoms. The lowest BCUT2D eigenvalue weighted by Gasteiger charge is -2.18. The van der Waals surface area contributed by atoms with Gasteiger partial charge in [0.15, 0.2) is 5.82 Å². The van der Waals surface area contributed by atoms with E-state index in [-0.39, 0.29) is 0 Å². The Hall–Kier alpha value is -2.40. The number of pyridine rings is 1. The fourth-order valence-corrected chi connectivity index (χ4v) is 1.62. The Morgan fingerprint density at radius 1 is 1.16 bits per heavy atom. The second-order valence-corrected chi connectivity index (χ2v) is 3.89. The van der Waals surface area contributed by atoms with Crippen molar-refractivity contribution >= 4 is 11.8 Å². The van der Waals surface area contributed by atoms with Gasteiger partial charge < -0.3 is 5.73 Å². The smallest absolute Gasteiger partial charge is 0.345 e. The van der Waals surface area contributed by atoms with Crippen molar-refractivity contribution in [3.63, 3.8) is 0 Å². The van der Waals surface area contributed by atoms with Crippen LogP contribution < -0.4 is 10.8 Å². The minimum Gasteiger partial charge on any atom is -0.349 e. The van der Waals surface area contributed by atoms with Crippen molar-refractivity contribution in [1.29, 1.82) is 0 Å². The summed E-state index contributed by atoms with van der Waals surface area (Å²) in [5.41, 5.74) is 6.40. The van der Waals surface area contributed by atoms with Crippen molar-refractivity contribution < 1.29 is 9.63 Å². The molecule has 0 aliphatic rings. The third-order valence-corrected chi connectivity index (χ3v) is 2.51. The molecule has 0 bridgehead atoms. The predicted molar refractivity (Wildman–Crippen MR) is 72.4 cm³/mol. The van der Waals surface area contributed by atoms with Gasteiger partial charge >= 0.3 is 6.03 Å². The standard InChI is InChI=1S/C14H15N3O2/c15-14(18)17(13-8-4-5-10-16-13)19-11-9-12-6-2-1-3-7-12/h1-8,10H,9,11H2,(H2,15,18). The number of amides is 2. The molecule has 0 unspecified atom stereocenters. The normalized spacial score (nSPS) is 10.1. The summed E-state index contributed by atoms with van der Waals surface area (Å²) in [6, 6.07) is 14.4. The number of aromatic nitrogens is 1. The Labute approximate surface area is 111 Å². The van der Waals surface area contributed by atoms with Gasteiger partial charge in [0.25, 0.3) is 0 Å². The zero-order valence-corrected chi connectivity index (χ0v) is 10.4. The molecule has 5 nitrogen and oxygen atoms in total. The summed E-state index contributed by atoms with van der Waals surface area (Å²) in [5, 5.41) is 1.00. The van der Waals surface area contributed by atoms with E-state index >= 15 is 0 Å². The molecule has 0 saturated carbocycles. The molecule has 2 rings (SSSR count). The van der Waals surface area contributed by atoms with Crippen LogP contribution in [0.3, 0.4) is 0 Å². The lowest BCUT2D eigenvalue weighted by molar-refractivity contribution is 0.121. The average molecular weight is 257 g/mol. The van der Waals surface area contributed by atoms with E-state index < -0.39 is 6.03 Å². The first-order chi connectivity index (χ1) is 9.27. The number of hydroxylamine groups is 1. The minimum atomic E-state index is -0.688. The van der Waals surface area contributed by atoms with Gasteiger partial charge in [-0.15, -0.1) is 0 Å². The number of carbonyl (C=O) groups is 1. The van der Waals surface area contributed by atoms with Crippen LogP contribution >= 0.6 is 0 Å². The van der Waals surface area contributed by atoms with Crippen LogP contribution in [0.1, 0.15) is 5.56 Å². The molecule has 1 heterocycles. The molecular formula is C14H15N3O2. The maximum Gasteiger partial charge on any atom is 0.345 e. The average Bonchev–Trinajstić information content (AvgIpc) is 2.45. The van der Waals surface area contributed by atoms with Crippen LogP contribution in [0.4, 0.5) is 10.6 Å². The van der Waals surface area contributed by atoms with Crippen LogP contribution in [0, 0.1) is 0 Å². The second kappa shape index (κ2) is 6.51. The lowest BCUT2D eigenvalue weighted by Crippen LogP contribution is -2.37. The van der Waals surface area contributed by atoms with Crippen LogP contribution in [0.25, 0.3) is 0 Å². The zero-order chi connectivity index (χ0) is 13.5. The largest absolute Gasteiger partial charge is 0.349 e. The lowest BCUT2D eigenvalue weighted by atomic mass is 10.2. The van der Waals surface area contributed by atoms with Gasteiger partial charge in [-0.25, -0.2) is 9.78 Å². The minimum absolute atomic E-state index is 0.351. The number of nitrogens with zero attached hydrogens (tertiary/aromatic N) is 2. The number of hydrogen-bond acceptors (Lipinski definition) is 3. The van der Waals surface area contributed by atoms with Crippen LogP contribution in [0.15, 0.2) is 54.7 Å². The number of rotatable bonds is 5. The Kier molecular flexibility index (Phi) is 4.47. The zero-order valence-electron chi connectivity index (χ0n) is 10.4. The monoisotopic (exact) mass is 257 g/mol. The van der Waals surface area contributed by atoms with E-state index in [0.29, 0.717) is 18.8 Å². The molecule has 98 valence electrons. The highest BCUT2D eigenvalue weighted by Crippen LogP contribution is 2.10.